The van der Waals surface area contributed by atoms with Crippen molar-refractivity contribution in [2.24, 2.45) is 0 Å². The van der Waals surface area contributed by atoms with Gasteiger partial charge < -0.3 is 9.47 Å². The van der Waals surface area contributed by atoms with Gasteiger partial charge in [0.15, 0.2) is 5.65 Å². The Bertz CT molecular complexity index is 1720. The lowest BCUT2D eigenvalue weighted by atomic mass is 9.87. The van der Waals surface area contributed by atoms with Crippen LogP contribution in [-0.2, 0) is 17.6 Å². The van der Waals surface area contributed by atoms with Gasteiger partial charge in [-0.05, 0) is 79.1 Å². The first-order valence-corrected chi connectivity index (χ1v) is 14.7. The van der Waals surface area contributed by atoms with Crippen LogP contribution in [0.15, 0.2) is 73.1 Å². The number of aromatic nitrogens is 4. The van der Waals surface area contributed by atoms with Crippen LogP contribution in [0.1, 0.15) is 30.4 Å². The molecule has 7 heteroatoms. The van der Waals surface area contributed by atoms with Crippen LogP contribution in [0.3, 0.4) is 0 Å². The summed E-state index contributed by atoms with van der Waals surface area (Å²) in [5.41, 5.74) is 9.77. The molecule has 1 N–H and O–H groups in total. The molecule has 0 radical (unpaired) electrons. The Balaban J connectivity index is 1.09. The van der Waals surface area contributed by atoms with E-state index in [4.69, 9.17) is 14.5 Å². The van der Waals surface area contributed by atoms with Crippen molar-refractivity contribution in [2.45, 2.75) is 50.2 Å². The number of aryl methyl sites for hydroxylation is 2. The third-order valence-corrected chi connectivity index (χ3v) is 9.30. The van der Waals surface area contributed by atoms with Crippen LogP contribution in [0.2, 0.25) is 0 Å². The lowest BCUT2D eigenvalue weighted by Crippen LogP contribution is -2.66. The molecule has 2 aromatic carbocycles. The Hall–Kier alpha value is -4.07. The van der Waals surface area contributed by atoms with Gasteiger partial charge in [0.1, 0.15) is 5.75 Å². The van der Waals surface area contributed by atoms with E-state index in [9.17, 15) is 0 Å². The SMILES string of the molecule is COc1cc(-c2[nH]nc3ncc(-c4ccc5c(c4)CC[C@@H](N4C6COCC4C6)CC5)cc23)ccc1-c1ccccn1. The highest BCUT2D eigenvalue weighted by Gasteiger charge is 2.45. The average Bonchev–Trinajstić information content (AvgIpc) is 3.35. The number of morpholine rings is 1. The van der Waals surface area contributed by atoms with Gasteiger partial charge in [-0.2, -0.15) is 5.10 Å². The van der Waals surface area contributed by atoms with Crippen molar-refractivity contribution in [3.8, 4) is 39.4 Å². The number of hydrogen-bond donors (Lipinski definition) is 1. The fraction of sp³-hybridized carbons (Fsp3) is 0.324. The molecule has 2 unspecified atom stereocenters. The van der Waals surface area contributed by atoms with Crippen LogP contribution in [0.25, 0.3) is 44.7 Å². The summed E-state index contributed by atoms with van der Waals surface area (Å²) in [4.78, 5) is 12.0. The Labute approximate surface area is 239 Å². The molecule has 41 heavy (non-hydrogen) atoms. The number of fused-ring (bicyclic) bond motifs is 4. The highest BCUT2D eigenvalue weighted by molar-refractivity contribution is 5.94. The maximum absolute atomic E-state index is 5.76. The van der Waals surface area contributed by atoms with Crippen molar-refractivity contribution in [3.05, 3.63) is 84.2 Å². The molecule has 5 aromatic rings. The fourth-order valence-electron chi connectivity index (χ4n) is 7.19. The van der Waals surface area contributed by atoms with Gasteiger partial charge in [0, 0.05) is 52.6 Å². The Morgan fingerprint density at radius 2 is 1.71 bits per heavy atom. The van der Waals surface area contributed by atoms with Crippen LogP contribution >= 0.6 is 0 Å². The van der Waals surface area contributed by atoms with Crippen LogP contribution in [0.5, 0.6) is 5.75 Å². The minimum atomic E-state index is 0.642. The van der Waals surface area contributed by atoms with Crippen molar-refractivity contribution in [2.75, 3.05) is 20.3 Å². The molecule has 0 amide bonds. The summed E-state index contributed by atoms with van der Waals surface area (Å²) in [5.74, 6) is 0.770. The second kappa shape index (κ2) is 10.1. The van der Waals surface area contributed by atoms with Crippen LogP contribution in [0, 0.1) is 0 Å². The molecule has 1 aliphatic carbocycles. The lowest BCUT2D eigenvalue weighted by molar-refractivity contribution is -0.148. The van der Waals surface area contributed by atoms with Crippen molar-refractivity contribution >= 4 is 11.0 Å². The Kier molecular flexibility index (Phi) is 6.08. The van der Waals surface area contributed by atoms with Gasteiger partial charge in [0.25, 0.3) is 0 Å². The zero-order valence-corrected chi connectivity index (χ0v) is 23.2. The predicted octanol–water partition coefficient (Wildman–Crippen LogP) is 6.08. The van der Waals surface area contributed by atoms with E-state index >= 15 is 0 Å². The number of benzene rings is 2. The molecule has 7 nitrogen and oxygen atoms in total. The maximum atomic E-state index is 5.76. The highest BCUT2D eigenvalue weighted by Crippen LogP contribution is 2.39. The number of H-pyrrole nitrogens is 1. The van der Waals surface area contributed by atoms with Crippen LogP contribution in [-0.4, -0.2) is 63.5 Å². The summed E-state index contributed by atoms with van der Waals surface area (Å²) in [6, 6.07) is 23.2. The lowest BCUT2D eigenvalue weighted by Gasteiger charge is -2.56. The largest absolute Gasteiger partial charge is 0.496 e. The summed E-state index contributed by atoms with van der Waals surface area (Å²) in [6.45, 7) is 1.83. The average molecular weight is 544 g/mol. The van der Waals surface area contributed by atoms with E-state index in [1.165, 1.54) is 36.0 Å². The zero-order chi connectivity index (χ0) is 27.3. The first kappa shape index (κ1) is 24.7. The second-order valence-electron chi connectivity index (χ2n) is 11.6. The Morgan fingerprint density at radius 3 is 2.51 bits per heavy atom. The fourth-order valence-corrected chi connectivity index (χ4v) is 7.19. The molecule has 3 aromatic heterocycles. The van der Waals surface area contributed by atoms with E-state index in [1.54, 1.807) is 13.3 Å². The van der Waals surface area contributed by atoms with Crippen molar-refractivity contribution in [1.29, 1.82) is 0 Å². The van der Waals surface area contributed by atoms with Gasteiger partial charge in [0.2, 0.25) is 0 Å². The molecule has 2 aliphatic heterocycles. The van der Waals surface area contributed by atoms with E-state index in [0.717, 1.165) is 65.3 Å². The molecule has 2 bridgehead atoms. The normalized spacial score (nSPS) is 22.1. The number of nitrogens with zero attached hydrogens (tertiary/aromatic N) is 4. The first-order chi connectivity index (χ1) is 20.2. The minimum Gasteiger partial charge on any atom is -0.496 e. The van der Waals surface area contributed by atoms with E-state index in [2.05, 4.69) is 56.5 Å². The predicted molar refractivity (Wildman–Crippen MR) is 160 cm³/mol. The quantitative estimate of drug-likeness (QED) is 0.271. The Morgan fingerprint density at radius 1 is 0.854 bits per heavy atom. The second-order valence-corrected chi connectivity index (χ2v) is 11.6. The third kappa shape index (κ3) is 4.31. The van der Waals surface area contributed by atoms with Gasteiger partial charge in [-0.1, -0.05) is 30.3 Å². The van der Waals surface area contributed by atoms with Gasteiger partial charge in [-0.3, -0.25) is 15.0 Å². The van der Waals surface area contributed by atoms with Gasteiger partial charge in [0.05, 0.1) is 31.7 Å². The maximum Gasteiger partial charge on any atom is 0.181 e. The standard InChI is InChI=1S/C34H33N5O2/c1-40-32-16-24(9-12-29(32)31-4-2-3-13-35-31)33-30-15-25(18-36-34(30)38-37-33)23-6-5-21-7-10-26(11-8-22(21)14-23)39-27-17-28(39)20-41-19-27/h2-6,9,12-16,18,26-28H,7-8,10-11,17,19-20H2,1H3,(H,36,37,38)/t26-,27?,28?/m0/s1. The number of nitrogens with one attached hydrogen (secondary N) is 1. The summed E-state index contributed by atoms with van der Waals surface area (Å²) in [5, 5.41) is 8.73. The molecule has 8 rings (SSSR count). The first-order valence-electron chi connectivity index (χ1n) is 14.7. The molecule has 0 spiro atoms. The number of ether oxygens (including phenoxy) is 2. The highest BCUT2D eigenvalue weighted by atomic mass is 16.5. The number of methoxy groups -OCH3 is 1. The topological polar surface area (TPSA) is 76.2 Å². The summed E-state index contributed by atoms with van der Waals surface area (Å²) in [7, 11) is 1.69. The smallest absolute Gasteiger partial charge is 0.181 e. The number of pyridine rings is 2. The molecule has 2 saturated heterocycles. The number of hydrogen-bond acceptors (Lipinski definition) is 6. The van der Waals surface area contributed by atoms with Gasteiger partial charge >= 0.3 is 0 Å². The van der Waals surface area contributed by atoms with Crippen LogP contribution < -0.4 is 4.74 Å². The summed E-state index contributed by atoms with van der Waals surface area (Å²) in [6.07, 6.45) is 9.80. The van der Waals surface area contributed by atoms with Crippen molar-refractivity contribution in [3.63, 3.8) is 0 Å². The van der Waals surface area contributed by atoms with Crippen molar-refractivity contribution in [1.82, 2.24) is 25.1 Å². The van der Waals surface area contributed by atoms with E-state index in [-0.39, 0.29) is 0 Å². The summed E-state index contributed by atoms with van der Waals surface area (Å²) >= 11 is 0. The molecule has 3 atom stereocenters. The molecule has 0 saturated carbocycles. The minimum absolute atomic E-state index is 0.642. The molecule has 206 valence electrons. The molecular formula is C34H33N5O2. The van der Waals surface area contributed by atoms with Gasteiger partial charge in [-0.25, -0.2) is 4.98 Å². The van der Waals surface area contributed by atoms with E-state index < -0.39 is 0 Å². The van der Waals surface area contributed by atoms with E-state index in [0.29, 0.717) is 23.8 Å². The molecular weight excluding hydrogens is 510 g/mol. The molecule has 5 heterocycles. The monoisotopic (exact) mass is 543 g/mol. The molecule has 3 aliphatic rings. The molecule has 2 fully saturated rings. The third-order valence-electron chi connectivity index (χ3n) is 9.30. The van der Waals surface area contributed by atoms with Crippen molar-refractivity contribution < 1.29 is 9.47 Å². The summed E-state index contributed by atoms with van der Waals surface area (Å²) < 4.78 is 11.5. The van der Waals surface area contributed by atoms with E-state index in [1.807, 2.05) is 30.5 Å². The number of aromatic amines is 1. The zero-order valence-electron chi connectivity index (χ0n) is 23.2. The van der Waals surface area contributed by atoms with Crippen LogP contribution in [0.4, 0.5) is 0 Å². The number of rotatable bonds is 5. The van der Waals surface area contributed by atoms with Gasteiger partial charge in [-0.15, -0.1) is 0 Å².